The second kappa shape index (κ2) is 8.72. The van der Waals surface area contributed by atoms with E-state index in [0.29, 0.717) is 16.3 Å². The number of benzene rings is 2. The zero-order valence-corrected chi connectivity index (χ0v) is 16.2. The minimum atomic E-state index is -0.243. The molecule has 6 heteroatoms. The Hall–Kier alpha value is -2.53. The van der Waals surface area contributed by atoms with Crippen LogP contribution >= 0.6 is 11.6 Å². The number of aryl methyl sites for hydroxylation is 1. The minimum Gasteiger partial charge on any atom is -0.496 e. The number of rotatable bonds is 6. The molecule has 0 saturated heterocycles. The lowest BCUT2D eigenvalue weighted by Crippen LogP contribution is -2.36. The van der Waals surface area contributed by atoms with Crippen LogP contribution in [-0.4, -0.2) is 37.4 Å². The molecule has 0 unspecified atom stereocenters. The third-order valence-corrected chi connectivity index (χ3v) is 4.50. The molecule has 2 amide bonds. The molecule has 0 saturated carbocycles. The standard InChI is InChI=1S/C20H23ClN2O3/c1-13-6-5-7-17(14(13)2)22-19(24)12-23(3)20(25)11-15-10-16(21)8-9-18(15)26-4/h5-10H,11-12H2,1-4H3,(H,22,24). The average Bonchev–Trinajstić information content (AvgIpc) is 2.59. The van der Waals surface area contributed by atoms with Crippen LogP contribution in [0.1, 0.15) is 16.7 Å². The van der Waals surface area contributed by atoms with Crippen LogP contribution in [0.15, 0.2) is 36.4 Å². The van der Waals surface area contributed by atoms with Crippen LogP contribution in [0.25, 0.3) is 0 Å². The molecule has 2 rings (SSSR count). The van der Waals surface area contributed by atoms with Crippen LogP contribution in [-0.2, 0) is 16.0 Å². The summed E-state index contributed by atoms with van der Waals surface area (Å²) >= 11 is 5.99. The summed E-state index contributed by atoms with van der Waals surface area (Å²) in [4.78, 5) is 26.1. The zero-order valence-electron chi connectivity index (χ0n) is 15.4. The minimum absolute atomic E-state index is 0.0326. The first-order valence-electron chi connectivity index (χ1n) is 8.24. The van der Waals surface area contributed by atoms with E-state index in [0.717, 1.165) is 16.8 Å². The normalized spacial score (nSPS) is 10.3. The van der Waals surface area contributed by atoms with Crippen molar-refractivity contribution in [3.63, 3.8) is 0 Å². The number of ether oxygens (including phenoxy) is 1. The van der Waals surface area contributed by atoms with Crippen molar-refractivity contribution in [1.82, 2.24) is 4.90 Å². The van der Waals surface area contributed by atoms with E-state index in [1.165, 1.54) is 4.90 Å². The van der Waals surface area contributed by atoms with Gasteiger partial charge < -0.3 is 15.0 Å². The molecular weight excluding hydrogens is 352 g/mol. The summed E-state index contributed by atoms with van der Waals surface area (Å²) in [5.41, 5.74) is 3.55. The Balaban J connectivity index is 1.99. The van der Waals surface area contributed by atoms with Gasteiger partial charge in [-0.25, -0.2) is 0 Å². The lowest BCUT2D eigenvalue weighted by Gasteiger charge is -2.18. The predicted molar refractivity (Wildman–Crippen MR) is 104 cm³/mol. The summed E-state index contributed by atoms with van der Waals surface area (Å²) in [6.07, 6.45) is 0.108. The van der Waals surface area contributed by atoms with Gasteiger partial charge in [-0.2, -0.15) is 0 Å². The predicted octanol–water partition coefficient (Wildman–Crippen LogP) is 3.61. The van der Waals surface area contributed by atoms with Crippen LogP contribution in [0.4, 0.5) is 5.69 Å². The Morgan fingerprint density at radius 1 is 1.19 bits per heavy atom. The topological polar surface area (TPSA) is 58.6 Å². The van der Waals surface area contributed by atoms with Gasteiger partial charge >= 0.3 is 0 Å². The lowest BCUT2D eigenvalue weighted by molar-refractivity contribution is -0.132. The van der Waals surface area contributed by atoms with Gasteiger partial charge in [0, 0.05) is 23.3 Å². The first kappa shape index (κ1) is 19.8. The van der Waals surface area contributed by atoms with E-state index < -0.39 is 0 Å². The summed E-state index contributed by atoms with van der Waals surface area (Å²) in [6.45, 7) is 3.90. The molecule has 0 aliphatic carbocycles. The molecular formula is C20H23ClN2O3. The molecule has 0 atom stereocenters. The number of anilines is 1. The number of hydrogen-bond acceptors (Lipinski definition) is 3. The van der Waals surface area contributed by atoms with Crippen molar-refractivity contribution in [2.45, 2.75) is 20.3 Å². The molecule has 2 aromatic rings. The quantitative estimate of drug-likeness (QED) is 0.840. The third kappa shape index (κ3) is 4.99. The number of nitrogens with one attached hydrogen (secondary N) is 1. The Morgan fingerprint density at radius 3 is 2.62 bits per heavy atom. The second-order valence-corrected chi connectivity index (χ2v) is 6.61. The summed E-state index contributed by atoms with van der Waals surface area (Å²) < 4.78 is 5.26. The fraction of sp³-hybridized carbons (Fsp3) is 0.300. The van der Waals surface area contributed by atoms with Gasteiger partial charge in [-0.1, -0.05) is 23.7 Å². The maximum atomic E-state index is 12.4. The number of methoxy groups -OCH3 is 1. The van der Waals surface area contributed by atoms with Crippen LogP contribution in [0, 0.1) is 13.8 Å². The molecule has 1 N–H and O–H groups in total. The first-order chi connectivity index (χ1) is 12.3. The maximum absolute atomic E-state index is 12.4. The van der Waals surface area contributed by atoms with Crippen molar-refractivity contribution in [2.75, 3.05) is 26.0 Å². The van der Waals surface area contributed by atoms with Gasteiger partial charge in [-0.15, -0.1) is 0 Å². The van der Waals surface area contributed by atoms with Crippen LogP contribution in [0.3, 0.4) is 0 Å². The van der Waals surface area contributed by atoms with E-state index in [9.17, 15) is 9.59 Å². The van der Waals surface area contributed by atoms with Gasteiger partial charge in [0.25, 0.3) is 0 Å². The van der Waals surface area contributed by atoms with Crippen molar-refractivity contribution in [3.05, 3.63) is 58.1 Å². The number of likely N-dealkylation sites (N-methyl/N-ethyl adjacent to an activating group) is 1. The average molecular weight is 375 g/mol. The summed E-state index contributed by atoms with van der Waals surface area (Å²) in [6, 6.07) is 10.8. The lowest BCUT2D eigenvalue weighted by atomic mass is 10.1. The Kier molecular flexibility index (Phi) is 6.64. The molecule has 0 aliphatic heterocycles. The number of amides is 2. The van der Waals surface area contributed by atoms with E-state index in [2.05, 4.69) is 5.32 Å². The third-order valence-electron chi connectivity index (χ3n) is 4.27. The van der Waals surface area contributed by atoms with Crippen LogP contribution in [0.2, 0.25) is 5.02 Å². The van der Waals surface area contributed by atoms with Gasteiger partial charge in [0.1, 0.15) is 5.75 Å². The number of hydrogen-bond donors (Lipinski definition) is 1. The van der Waals surface area contributed by atoms with Gasteiger partial charge in [0.05, 0.1) is 20.1 Å². The molecule has 0 bridgehead atoms. The Labute approximate surface area is 158 Å². The molecule has 0 spiro atoms. The van der Waals surface area contributed by atoms with Crippen molar-refractivity contribution in [3.8, 4) is 5.75 Å². The molecule has 2 aromatic carbocycles. The summed E-state index contributed by atoms with van der Waals surface area (Å²) in [7, 11) is 3.14. The van der Waals surface area contributed by atoms with Gasteiger partial charge in [-0.3, -0.25) is 9.59 Å². The number of carbonyl (C=O) groups is 2. The van der Waals surface area contributed by atoms with E-state index >= 15 is 0 Å². The van der Waals surface area contributed by atoms with Crippen molar-refractivity contribution >= 4 is 29.1 Å². The molecule has 5 nitrogen and oxygen atoms in total. The molecule has 0 fully saturated rings. The van der Waals surface area contributed by atoms with Gasteiger partial charge in [0.2, 0.25) is 11.8 Å². The number of nitrogens with zero attached hydrogens (tertiary/aromatic N) is 1. The van der Waals surface area contributed by atoms with Crippen LogP contribution in [0.5, 0.6) is 5.75 Å². The van der Waals surface area contributed by atoms with Crippen LogP contribution < -0.4 is 10.1 Å². The highest BCUT2D eigenvalue weighted by Gasteiger charge is 2.16. The molecule has 0 heterocycles. The molecule has 138 valence electrons. The SMILES string of the molecule is COc1ccc(Cl)cc1CC(=O)N(C)CC(=O)Nc1cccc(C)c1C. The Morgan fingerprint density at radius 2 is 1.92 bits per heavy atom. The number of carbonyl (C=O) groups excluding carboxylic acids is 2. The largest absolute Gasteiger partial charge is 0.496 e. The highest BCUT2D eigenvalue weighted by molar-refractivity contribution is 6.30. The van der Waals surface area contributed by atoms with E-state index in [1.807, 2.05) is 32.0 Å². The zero-order chi connectivity index (χ0) is 19.3. The van der Waals surface area contributed by atoms with Crippen molar-refractivity contribution in [2.24, 2.45) is 0 Å². The van der Waals surface area contributed by atoms with Gasteiger partial charge in [-0.05, 0) is 49.2 Å². The first-order valence-corrected chi connectivity index (χ1v) is 8.62. The molecule has 26 heavy (non-hydrogen) atoms. The van der Waals surface area contributed by atoms with E-state index in [-0.39, 0.29) is 24.8 Å². The van der Waals surface area contributed by atoms with Crippen molar-refractivity contribution in [1.29, 1.82) is 0 Å². The summed E-state index contributed by atoms with van der Waals surface area (Å²) in [5, 5.41) is 3.39. The highest BCUT2D eigenvalue weighted by Crippen LogP contribution is 2.23. The molecule has 0 aliphatic rings. The van der Waals surface area contributed by atoms with Gasteiger partial charge in [0.15, 0.2) is 0 Å². The summed E-state index contributed by atoms with van der Waals surface area (Å²) in [5.74, 6) is 0.158. The highest BCUT2D eigenvalue weighted by atomic mass is 35.5. The fourth-order valence-electron chi connectivity index (χ4n) is 2.56. The number of halogens is 1. The smallest absolute Gasteiger partial charge is 0.243 e. The Bertz CT molecular complexity index is 821. The second-order valence-electron chi connectivity index (χ2n) is 6.18. The van der Waals surface area contributed by atoms with E-state index in [1.54, 1.807) is 32.4 Å². The molecule has 0 radical (unpaired) electrons. The van der Waals surface area contributed by atoms with Crippen molar-refractivity contribution < 1.29 is 14.3 Å². The maximum Gasteiger partial charge on any atom is 0.243 e. The molecule has 0 aromatic heterocycles. The fourth-order valence-corrected chi connectivity index (χ4v) is 2.76. The monoisotopic (exact) mass is 374 g/mol. The van der Waals surface area contributed by atoms with E-state index in [4.69, 9.17) is 16.3 Å².